The summed E-state index contributed by atoms with van der Waals surface area (Å²) >= 11 is 3.27. The molecule has 22 heavy (non-hydrogen) atoms. The van der Waals surface area contributed by atoms with Gasteiger partial charge in [-0.1, -0.05) is 15.9 Å². The van der Waals surface area contributed by atoms with Crippen molar-refractivity contribution in [3.8, 4) is 5.82 Å². The van der Waals surface area contributed by atoms with Crippen LogP contribution >= 0.6 is 15.9 Å². The smallest absolute Gasteiger partial charge is 0.404 e. The van der Waals surface area contributed by atoms with Crippen molar-refractivity contribution in [3.05, 3.63) is 51.5 Å². The molecule has 2 rings (SSSR count). The highest BCUT2D eigenvalue weighted by molar-refractivity contribution is 9.10. The second kappa shape index (κ2) is 6.98. The number of carbonyl (C=O) groups is 1. The topological polar surface area (TPSA) is 105 Å². The van der Waals surface area contributed by atoms with Crippen molar-refractivity contribution in [1.82, 2.24) is 19.3 Å². The molecule has 0 unspecified atom stereocenters. The summed E-state index contributed by atoms with van der Waals surface area (Å²) in [5, 5.41) is 3.87. The van der Waals surface area contributed by atoms with Gasteiger partial charge in [0.1, 0.15) is 18.8 Å². The molecule has 0 aliphatic rings. The van der Waals surface area contributed by atoms with Gasteiger partial charge >= 0.3 is 11.8 Å². The van der Waals surface area contributed by atoms with Crippen LogP contribution < -0.4 is 11.4 Å². The second-order valence-corrected chi connectivity index (χ2v) is 5.06. The molecule has 0 bridgehead atoms. The van der Waals surface area contributed by atoms with E-state index in [0.717, 1.165) is 9.15 Å². The lowest BCUT2D eigenvalue weighted by Gasteiger charge is -2.05. The van der Waals surface area contributed by atoms with Crippen LogP contribution in [-0.4, -0.2) is 32.0 Å². The molecule has 0 spiro atoms. The average Bonchev–Trinajstić information content (AvgIpc) is 2.84. The van der Waals surface area contributed by atoms with Crippen LogP contribution in [0.5, 0.6) is 0 Å². The fourth-order valence-electron chi connectivity index (χ4n) is 1.60. The van der Waals surface area contributed by atoms with Crippen LogP contribution in [0.4, 0.5) is 9.18 Å². The number of aromatic nitrogens is 4. The van der Waals surface area contributed by atoms with Gasteiger partial charge in [-0.2, -0.15) is 5.10 Å². The number of pyridine rings is 1. The maximum absolute atomic E-state index is 12.7. The summed E-state index contributed by atoms with van der Waals surface area (Å²) in [5.74, 6) is 0.366. The molecule has 0 atom stereocenters. The Bertz CT molecular complexity index is 770. The van der Waals surface area contributed by atoms with Crippen molar-refractivity contribution in [1.29, 1.82) is 0 Å². The second-order valence-electron chi connectivity index (χ2n) is 4.15. The Labute approximate surface area is 132 Å². The van der Waals surface area contributed by atoms with Gasteiger partial charge in [-0.3, -0.25) is 0 Å². The summed E-state index contributed by atoms with van der Waals surface area (Å²) in [6.45, 7) is -0.538. The fourth-order valence-corrected chi connectivity index (χ4v) is 1.92. The Hall–Kier alpha value is -2.49. The first-order valence-electron chi connectivity index (χ1n) is 5.98. The highest BCUT2D eigenvalue weighted by Gasteiger charge is 2.11. The van der Waals surface area contributed by atoms with Crippen LogP contribution in [0.3, 0.4) is 0 Å². The summed E-state index contributed by atoms with van der Waals surface area (Å²) in [4.78, 5) is 26.8. The third-order valence-electron chi connectivity index (χ3n) is 2.59. The minimum absolute atomic E-state index is 0.0355. The molecule has 1 amide bonds. The van der Waals surface area contributed by atoms with Gasteiger partial charge in [0.05, 0.1) is 12.9 Å². The van der Waals surface area contributed by atoms with E-state index in [0.29, 0.717) is 5.82 Å². The number of amides is 1. The third kappa shape index (κ3) is 3.79. The molecule has 0 aromatic carbocycles. The van der Waals surface area contributed by atoms with E-state index in [2.05, 4.69) is 30.7 Å². The van der Waals surface area contributed by atoms with Gasteiger partial charge in [0, 0.05) is 16.2 Å². The predicted molar refractivity (Wildman–Crippen MR) is 78.0 cm³/mol. The Morgan fingerprint density at radius 3 is 2.95 bits per heavy atom. The predicted octanol–water partition coefficient (Wildman–Crippen LogP) is 1.14. The average molecular weight is 372 g/mol. The van der Waals surface area contributed by atoms with Gasteiger partial charge < -0.3 is 10.5 Å². The monoisotopic (exact) mass is 371 g/mol. The van der Waals surface area contributed by atoms with E-state index >= 15 is 0 Å². The Kier molecular flexibility index (Phi) is 5.04. The summed E-state index contributed by atoms with van der Waals surface area (Å²) < 4.78 is 20.2. The van der Waals surface area contributed by atoms with Crippen molar-refractivity contribution >= 4 is 22.0 Å². The zero-order chi connectivity index (χ0) is 16.1. The standard InChI is InChI=1S/C12H11BrFN5O3/c13-9-1-2-16-10(3-9)18-7-17-19(12(18)21)5-8(4-14)6-22-11(15)20/h1-4,7H,5-6H2,(H2,15,20). The van der Waals surface area contributed by atoms with Crippen LogP contribution in [0, 0.1) is 0 Å². The number of rotatable bonds is 5. The quantitative estimate of drug-likeness (QED) is 0.848. The molecule has 2 heterocycles. The Balaban J connectivity index is 2.21. The number of nitrogens with two attached hydrogens (primary N) is 1. The van der Waals surface area contributed by atoms with E-state index in [4.69, 9.17) is 5.73 Å². The number of carbonyl (C=O) groups excluding carboxylic acids is 1. The molecule has 0 saturated heterocycles. The molecule has 0 fully saturated rings. The third-order valence-corrected chi connectivity index (χ3v) is 3.09. The maximum Gasteiger partial charge on any atom is 0.404 e. The first kappa shape index (κ1) is 15.9. The molecule has 2 aromatic heterocycles. The zero-order valence-corrected chi connectivity index (χ0v) is 12.7. The van der Waals surface area contributed by atoms with Crippen molar-refractivity contribution in [2.75, 3.05) is 6.61 Å². The Morgan fingerprint density at radius 2 is 2.32 bits per heavy atom. The van der Waals surface area contributed by atoms with Crippen LogP contribution in [0.25, 0.3) is 5.82 Å². The van der Waals surface area contributed by atoms with Gasteiger partial charge in [-0.15, -0.1) is 0 Å². The number of hydrogen-bond acceptors (Lipinski definition) is 5. The first-order valence-corrected chi connectivity index (χ1v) is 6.77. The van der Waals surface area contributed by atoms with E-state index in [1.54, 1.807) is 12.1 Å². The summed E-state index contributed by atoms with van der Waals surface area (Å²) in [6.07, 6.45) is 2.00. The van der Waals surface area contributed by atoms with E-state index in [9.17, 15) is 14.0 Å². The van der Waals surface area contributed by atoms with Crippen molar-refractivity contribution < 1.29 is 13.9 Å². The van der Waals surface area contributed by atoms with E-state index in [1.165, 1.54) is 17.1 Å². The number of halogens is 2. The molecular weight excluding hydrogens is 361 g/mol. The maximum atomic E-state index is 12.7. The molecule has 2 aromatic rings. The van der Waals surface area contributed by atoms with E-state index < -0.39 is 11.8 Å². The van der Waals surface area contributed by atoms with E-state index in [1.807, 2.05) is 0 Å². The van der Waals surface area contributed by atoms with Crippen molar-refractivity contribution in [3.63, 3.8) is 0 Å². The summed E-state index contributed by atoms with van der Waals surface area (Å²) in [6, 6.07) is 3.35. The number of hydrogen-bond donors (Lipinski definition) is 1. The molecule has 2 N–H and O–H groups in total. The van der Waals surface area contributed by atoms with Crippen LogP contribution in [0.1, 0.15) is 0 Å². The minimum Gasteiger partial charge on any atom is -0.445 e. The molecule has 8 nitrogen and oxygen atoms in total. The van der Waals surface area contributed by atoms with Gasteiger partial charge in [-0.25, -0.2) is 28.2 Å². The largest absolute Gasteiger partial charge is 0.445 e. The summed E-state index contributed by atoms with van der Waals surface area (Å²) in [5.41, 5.74) is 4.33. The lowest BCUT2D eigenvalue weighted by molar-refractivity contribution is 0.164. The first-order chi connectivity index (χ1) is 10.5. The molecule has 0 aliphatic heterocycles. The van der Waals surface area contributed by atoms with Crippen molar-refractivity contribution in [2.24, 2.45) is 5.73 Å². The molecule has 0 aliphatic carbocycles. The number of primary amides is 1. The van der Waals surface area contributed by atoms with Crippen LogP contribution in [-0.2, 0) is 11.3 Å². The van der Waals surface area contributed by atoms with Gasteiger partial charge in [0.25, 0.3) is 0 Å². The summed E-state index contributed by atoms with van der Waals surface area (Å²) in [7, 11) is 0. The highest BCUT2D eigenvalue weighted by Crippen LogP contribution is 2.11. The molecule has 0 radical (unpaired) electrons. The van der Waals surface area contributed by atoms with Crippen LogP contribution in [0.2, 0.25) is 0 Å². The molecule has 116 valence electrons. The zero-order valence-electron chi connectivity index (χ0n) is 11.1. The highest BCUT2D eigenvalue weighted by atomic mass is 79.9. The number of nitrogens with zero attached hydrogens (tertiary/aromatic N) is 4. The Morgan fingerprint density at radius 1 is 1.55 bits per heavy atom. The lowest BCUT2D eigenvalue weighted by Crippen LogP contribution is -2.26. The fraction of sp³-hybridized carbons (Fsp3) is 0.167. The van der Waals surface area contributed by atoms with Crippen molar-refractivity contribution in [2.45, 2.75) is 6.54 Å². The SMILES string of the molecule is NC(=O)OCC(=CF)Cn1ncn(-c2cc(Br)ccn2)c1=O. The molecular formula is C12H11BrFN5O3. The van der Waals surface area contributed by atoms with Gasteiger partial charge in [0.15, 0.2) is 0 Å². The lowest BCUT2D eigenvalue weighted by atomic mass is 10.3. The molecule has 0 saturated carbocycles. The minimum atomic E-state index is -1.03. The van der Waals surface area contributed by atoms with Crippen LogP contribution in [0.15, 0.2) is 45.8 Å². The molecule has 10 heteroatoms. The van der Waals surface area contributed by atoms with Gasteiger partial charge in [0.2, 0.25) is 0 Å². The number of ether oxygens (including phenoxy) is 1. The normalized spacial score (nSPS) is 11.5. The van der Waals surface area contributed by atoms with Gasteiger partial charge in [-0.05, 0) is 12.1 Å². The van der Waals surface area contributed by atoms with E-state index in [-0.39, 0.29) is 25.1 Å².